The Morgan fingerprint density at radius 1 is 1.21 bits per heavy atom. The first kappa shape index (κ1) is 19.4. The van der Waals surface area contributed by atoms with Crippen molar-refractivity contribution in [2.24, 2.45) is 0 Å². The van der Waals surface area contributed by atoms with Gasteiger partial charge in [0.25, 0.3) is 5.88 Å². The summed E-state index contributed by atoms with van der Waals surface area (Å²) in [6, 6.07) is 14.4. The Hall–Kier alpha value is -3.33. The van der Waals surface area contributed by atoms with Crippen molar-refractivity contribution in [1.82, 2.24) is 9.78 Å². The van der Waals surface area contributed by atoms with Crippen LogP contribution in [0, 0.1) is 24.1 Å². The average molecular weight is 378 g/mol. The fourth-order valence-electron chi connectivity index (χ4n) is 2.89. The van der Waals surface area contributed by atoms with Crippen LogP contribution in [0.15, 0.2) is 42.5 Å². The fraction of sp³-hybridized carbons (Fsp3) is 0.273. The molecule has 5 nitrogen and oxygen atoms in total. The third-order valence-electron chi connectivity index (χ3n) is 4.72. The molecular weight excluding hydrogens is 355 g/mol. The van der Waals surface area contributed by atoms with Gasteiger partial charge in [0.2, 0.25) is 0 Å². The summed E-state index contributed by atoms with van der Waals surface area (Å²) in [6.07, 6.45) is 0. The Kier molecular flexibility index (Phi) is 5.65. The molecule has 0 aliphatic carbocycles. The van der Waals surface area contributed by atoms with Crippen molar-refractivity contribution in [2.75, 3.05) is 5.73 Å². The molecule has 28 heavy (non-hydrogen) atoms. The number of aryl methyl sites for hydroxylation is 1. The molecule has 2 N–H and O–H groups in total. The van der Waals surface area contributed by atoms with Crippen molar-refractivity contribution < 1.29 is 9.13 Å². The van der Waals surface area contributed by atoms with E-state index in [1.54, 1.807) is 12.1 Å². The van der Waals surface area contributed by atoms with Gasteiger partial charge in [-0.1, -0.05) is 44.2 Å². The molecule has 0 radical (unpaired) electrons. The highest BCUT2D eigenvalue weighted by molar-refractivity contribution is 5.55. The summed E-state index contributed by atoms with van der Waals surface area (Å²) < 4.78 is 20.4. The van der Waals surface area contributed by atoms with E-state index >= 15 is 0 Å². The second-order valence-corrected chi connectivity index (χ2v) is 7.09. The van der Waals surface area contributed by atoms with Crippen molar-refractivity contribution in [1.29, 1.82) is 5.26 Å². The van der Waals surface area contributed by atoms with Gasteiger partial charge in [-0.15, -0.1) is 5.10 Å². The Balaban J connectivity index is 1.82. The first-order valence-corrected chi connectivity index (χ1v) is 9.12. The number of hydrogen-bond acceptors (Lipinski definition) is 4. The molecule has 0 atom stereocenters. The molecule has 0 amide bonds. The van der Waals surface area contributed by atoms with Crippen LogP contribution in [0.4, 0.5) is 10.2 Å². The number of ether oxygens (including phenoxy) is 1. The number of aromatic nitrogens is 2. The van der Waals surface area contributed by atoms with Gasteiger partial charge >= 0.3 is 0 Å². The van der Waals surface area contributed by atoms with Crippen molar-refractivity contribution in [3.8, 4) is 11.9 Å². The third kappa shape index (κ3) is 4.15. The van der Waals surface area contributed by atoms with Crippen LogP contribution < -0.4 is 10.5 Å². The predicted octanol–water partition coefficient (Wildman–Crippen LogP) is 4.54. The van der Waals surface area contributed by atoms with E-state index in [9.17, 15) is 9.65 Å². The van der Waals surface area contributed by atoms with Gasteiger partial charge in [-0.2, -0.15) is 5.26 Å². The van der Waals surface area contributed by atoms with Crippen molar-refractivity contribution in [2.45, 2.75) is 39.8 Å². The topological polar surface area (TPSA) is 76.9 Å². The zero-order chi connectivity index (χ0) is 20.3. The van der Waals surface area contributed by atoms with E-state index in [0.29, 0.717) is 19.1 Å². The molecule has 1 aromatic heterocycles. The first-order valence-electron chi connectivity index (χ1n) is 9.12. The highest BCUT2D eigenvalue weighted by Gasteiger charge is 2.18. The molecule has 144 valence electrons. The predicted molar refractivity (Wildman–Crippen MR) is 106 cm³/mol. The van der Waals surface area contributed by atoms with Crippen LogP contribution in [-0.2, 0) is 13.2 Å². The van der Waals surface area contributed by atoms with Gasteiger partial charge in [0, 0.05) is 0 Å². The molecule has 3 aromatic rings. The summed E-state index contributed by atoms with van der Waals surface area (Å²) in [5.74, 6) is 0.545. The summed E-state index contributed by atoms with van der Waals surface area (Å²) in [5, 5.41) is 13.8. The van der Waals surface area contributed by atoms with Gasteiger partial charge in [-0.05, 0) is 47.2 Å². The SMILES string of the molecule is Cc1ccc(C(C)C)cc1COc1nn(Cc2ccc(F)cc2)c(N)c1C#N. The van der Waals surface area contributed by atoms with Crippen LogP contribution in [0.2, 0.25) is 0 Å². The van der Waals surface area contributed by atoms with Crippen LogP contribution >= 0.6 is 0 Å². The molecule has 1 heterocycles. The molecule has 0 unspecified atom stereocenters. The van der Waals surface area contributed by atoms with Gasteiger partial charge in [0.15, 0.2) is 5.56 Å². The molecule has 0 aliphatic heterocycles. The maximum atomic E-state index is 13.1. The number of nitrogens with two attached hydrogens (primary N) is 1. The number of halogens is 1. The number of rotatable bonds is 6. The standard InChI is InChI=1S/C22H23FN4O/c1-14(2)17-7-4-15(3)18(10-17)13-28-22-20(11-24)21(25)27(26-22)12-16-5-8-19(23)9-6-16/h4-10,14H,12-13,25H2,1-3H3. The Morgan fingerprint density at radius 2 is 1.93 bits per heavy atom. The van der Waals surface area contributed by atoms with E-state index < -0.39 is 0 Å². The minimum atomic E-state index is -0.307. The summed E-state index contributed by atoms with van der Waals surface area (Å²) >= 11 is 0. The summed E-state index contributed by atoms with van der Waals surface area (Å²) in [4.78, 5) is 0. The molecule has 6 heteroatoms. The molecule has 0 saturated heterocycles. The smallest absolute Gasteiger partial charge is 0.253 e. The van der Waals surface area contributed by atoms with Gasteiger partial charge in [0.1, 0.15) is 24.3 Å². The van der Waals surface area contributed by atoms with Gasteiger partial charge < -0.3 is 10.5 Å². The zero-order valence-corrected chi connectivity index (χ0v) is 16.2. The quantitative estimate of drug-likeness (QED) is 0.683. The van der Waals surface area contributed by atoms with Crippen LogP contribution in [-0.4, -0.2) is 9.78 Å². The lowest BCUT2D eigenvalue weighted by Crippen LogP contribution is -2.06. The van der Waals surface area contributed by atoms with Crippen LogP contribution in [0.25, 0.3) is 0 Å². The van der Waals surface area contributed by atoms with E-state index in [0.717, 1.165) is 16.7 Å². The van der Waals surface area contributed by atoms with Crippen molar-refractivity contribution in [3.05, 3.63) is 76.1 Å². The summed E-state index contributed by atoms with van der Waals surface area (Å²) in [5.41, 5.74) is 10.5. The molecule has 0 fully saturated rings. The van der Waals surface area contributed by atoms with Gasteiger partial charge in [0.05, 0.1) is 6.54 Å². The normalized spacial score (nSPS) is 10.9. The van der Waals surface area contributed by atoms with E-state index in [1.165, 1.54) is 22.4 Å². The molecule has 0 aliphatic rings. The maximum absolute atomic E-state index is 13.1. The van der Waals surface area contributed by atoms with E-state index in [1.807, 2.05) is 6.92 Å². The van der Waals surface area contributed by atoms with Crippen molar-refractivity contribution >= 4 is 5.82 Å². The highest BCUT2D eigenvalue weighted by Crippen LogP contribution is 2.26. The largest absolute Gasteiger partial charge is 0.471 e. The molecular formula is C22H23FN4O. The fourth-order valence-corrected chi connectivity index (χ4v) is 2.89. The van der Waals surface area contributed by atoms with E-state index in [-0.39, 0.29) is 23.1 Å². The number of anilines is 1. The number of hydrogen-bond donors (Lipinski definition) is 1. The first-order chi connectivity index (χ1) is 13.4. The molecule has 2 aromatic carbocycles. The van der Waals surface area contributed by atoms with Crippen LogP contribution in [0.3, 0.4) is 0 Å². The maximum Gasteiger partial charge on any atom is 0.253 e. The Bertz CT molecular complexity index is 1020. The monoisotopic (exact) mass is 378 g/mol. The number of nitriles is 1. The van der Waals surface area contributed by atoms with Crippen molar-refractivity contribution in [3.63, 3.8) is 0 Å². The molecule has 0 saturated carbocycles. The second kappa shape index (κ2) is 8.13. The zero-order valence-electron chi connectivity index (χ0n) is 16.2. The van der Waals surface area contributed by atoms with E-state index in [4.69, 9.17) is 10.5 Å². The lowest BCUT2D eigenvalue weighted by molar-refractivity contribution is 0.288. The van der Waals surface area contributed by atoms with E-state index in [2.05, 4.69) is 43.2 Å². The Labute approximate surface area is 164 Å². The van der Waals surface area contributed by atoms with Crippen LogP contribution in [0.1, 0.15) is 47.6 Å². The Morgan fingerprint density at radius 3 is 2.57 bits per heavy atom. The average Bonchev–Trinajstić information content (AvgIpc) is 2.97. The lowest BCUT2D eigenvalue weighted by Gasteiger charge is -2.11. The summed E-state index contributed by atoms with van der Waals surface area (Å²) in [6.45, 7) is 6.93. The minimum absolute atomic E-state index is 0.205. The third-order valence-corrected chi connectivity index (χ3v) is 4.72. The highest BCUT2D eigenvalue weighted by atomic mass is 19.1. The molecule has 3 rings (SSSR count). The molecule has 0 bridgehead atoms. The lowest BCUT2D eigenvalue weighted by atomic mass is 9.98. The van der Waals surface area contributed by atoms with Gasteiger partial charge in [-0.25, -0.2) is 9.07 Å². The van der Waals surface area contributed by atoms with Crippen LogP contribution in [0.5, 0.6) is 5.88 Å². The number of nitrogen functional groups attached to an aromatic ring is 1. The minimum Gasteiger partial charge on any atom is -0.471 e. The number of benzene rings is 2. The number of nitrogens with zero attached hydrogens (tertiary/aromatic N) is 3. The molecule has 0 spiro atoms. The second-order valence-electron chi connectivity index (χ2n) is 7.09. The van der Waals surface area contributed by atoms with Gasteiger partial charge in [-0.3, -0.25) is 0 Å². The summed E-state index contributed by atoms with van der Waals surface area (Å²) in [7, 11) is 0.